The van der Waals surface area contributed by atoms with Gasteiger partial charge < -0.3 is 46.8 Å². The van der Waals surface area contributed by atoms with E-state index >= 15 is 0 Å². The number of aromatic amines is 2. The molecule has 0 bridgehead atoms. The fourth-order valence-corrected chi connectivity index (χ4v) is 6.50. The van der Waals surface area contributed by atoms with E-state index in [1.54, 1.807) is 24.3 Å². The van der Waals surface area contributed by atoms with Gasteiger partial charge in [-0.15, -0.1) is 11.8 Å². The molecular formula is C33H41N7O9S. The van der Waals surface area contributed by atoms with Crippen LogP contribution in [-0.4, -0.2) is 97.8 Å². The lowest BCUT2D eigenvalue weighted by Gasteiger charge is -2.27. The van der Waals surface area contributed by atoms with E-state index in [1.807, 2.05) is 13.8 Å². The molecule has 9 N–H and O–H groups in total. The van der Waals surface area contributed by atoms with Crippen LogP contribution < -0.4 is 32.1 Å². The van der Waals surface area contributed by atoms with Crippen molar-refractivity contribution < 1.29 is 39.0 Å². The predicted octanol–water partition coefficient (Wildman–Crippen LogP) is -0.226. The highest BCUT2D eigenvalue weighted by Crippen LogP contribution is 2.31. The highest BCUT2D eigenvalue weighted by molar-refractivity contribution is 7.99. The first kappa shape index (κ1) is 37.7. The van der Waals surface area contributed by atoms with Crippen molar-refractivity contribution in [1.29, 1.82) is 0 Å². The monoisotopic (exact) mass is 711 g/mol. The van der Waals surface area contributed by atoms with Gasteiger partial charge >= 0.3 is 5.97 Å². The minimum absolute atomic E-state index is 0.105. The Morgan fingerprint density at radius 2 is 1.64 bits per heavy atom. The Hall–Kier alpha value is -5.16. The number of nitrogens with one attached hydrogen (secondary N) is 7. The Morgan fingerprint density at radius 1 is 0.920 bits per heavy atom. The largest absolute Gasteiger partial charge is 0.480 e. The zero-order valence-electron chi connectivity index (χ0n) is 27.9. The van der Waals surface area contributed by atoms with E-state index in [4.69, 9.17) is 0 Å². The van der Waals surface area contributed by atoms with E-state index in [-0.39, 0.29) is 30.1 Å². The third-order valence-corrected chi connectivity index (χ3v) is 9.17. The lowest BCUT2D eigenvalue weighted by Crippen LogP contribution is -2.60. The van der Waals surface area contributed by atoms with Crippen molar-refractivity contribution in [3.05, 3.63) is 64.1 Å². The average Bonchev–Trinajstić information content (AvgIpc) is 3.40. The lowest BCUT2D eigenvalue weighted by molar-refractivity contribution is -0.142. The van der Waals surface area contributed by atoms with E-state index in [1.165, 1.54) is 32.2 Å². The van der Waals surface area contributed by atoms with E-state index in [9.17, 15) is 43.8 Å². The van der Waals surface area contributed by atoms with Crippen molar-refractivity contribution in [3.63, 3.8) is 0 Å². The number of para-hydroxylation sites is 1. The minimum atomic E-state index is -1.55. The molecule has 17 heteroatoms. The summed E-state index contributed by atoms with van der Waals surface area (Å²) in [6.07, 6.45) is -0.0844. The van der Waals surface area contributed by atoms with Crippen molar-refractivity contribution >= 4 is 58.2 Å². The molecule has 0 unspecified atom stereocenters. The van der Waals surface area contributed by atoms with Crippen LogP contribution in [0, 0.1) is 5.92 Å². The number of aliphatic hydroxyl groups is 1. The Bertz CT molecular complexity index is 1820. The zero-order valence-corrected chi connectivity index (χ0v) is 28.7. The van der Waals surface area contributed by atoms with Crippen molar-refractivity contribution in [2.45, 2.75) is 81.9 Å². The van der Waals surface area contributed by atoms with Gasteiger partial charge in [0.15, 0.2) is 0 Å². The number of amides is 5. The molecule has 4 rings (SSSR count). The number of fused-ring (bicyclic) bond motifs is 3. The minimum Gasteiger partial charge on any atom is -0.480 e. The molecule has 5 amide bonds. The van der Waals surface area contributed by atoms with Crippen molar-refractivity contribution in [2.24, 2.45) is 5.92 Å². The molecule has 3 aromatic rings. The molecule has 268 valence electrons. The van der Waals surface area contributed by atoms with Gasteiger partial charge in [-0.05, 0) is 49.9 Å². The first-order chi connectivity index (χ1) is 23.7. The second kappa shape index (κ2) is 16.5. The van der Waals surface area contributed by atoms with Crippen molar-refractivity contribution in [2.75, 3.05) is 5.75 Å². The molecule has 1 aliphatic rings. The van der Waals surface area contributed by atoms with Crippen LogP contribution in [0.2, 0.25) is 0 Å². The predicted molar refractivity (Wildman–Crippen MR) is 183 cm³/mol. The molecule has 0 radical (unpaired) electrons. The first-order valence-electron chi connectivity index (χ1n) is 16.0. The lowest BCUT2D eigenvalue weighted by atomic mass is 10.00. The number of aromatic nitrogens is 2. The van der Waals surface area contributed by atoms with E-state index in [0.717, 1.165) is 11.8 Å². The number of hydrogen-bond acceptors (Lipinski definition) is 9. The number of carbonyl (C=O) groups is 6. The molecular weight excluding hydrogens is 670 g/mol. The molecule has 3 heterocycles. The zero-order chi connectivity index (χ0) is 36.7. The summed E-state index contributed by atoms with van der Waals surface area (Å²) in [6, 6.07) is 3.04. The highest BCUT2D eigenvalue weighted by Gasteiger charge is 2.34. The van der Waals surface area contributed by atoms with Crippen molar-refractivity contribution in [3.8, 4) is 0 Å². The fourth-order valence-electron chi connectivity index (χ4n) is 5.39. The first-order valence-corrected chi connectivity index (χ1v) is 17.0. The summed E-state index contributed by atoms with van der Waals surface area (Å²) in [4.78, 5) is 97.6. The van der Waals surface area contributed by atoms with Gasteiger partial charge in [-0.25, -0.2) is 4.79 Å². The smallest absolute Gasteiger partial charge is 0.327 e. The van der Waals surface area contributed by atoms with Gasteiger partial charge in [-0.1, -0.05) is 32.0 Å². The second-order valence-corrected chi connectivity index (χ2v) is 13.5. The number of rotatable bonds is 6. The van der Waals surface area contributed by atoms with Crippen LogP contribution >= 0.6 is 11.8 Å². The maximum absolute atomic E-state index is 14.1. The summed E-state index contributed by atoms with van der Waals surface area (Å²) in [5, 5.41) is 34.0. The normalized spacial score (nSPS) is 23.4. The van der Waals surface area contributed by atoms with Crippen LogP contribution in [0.3, 0.4) is 0 Å². The Kier molecular flexibility index (Phi) is 12.4. The summed E-state index contributed by atoms with van der Waals surface area (Å²) in [5.74, 6) is -5.84. The van der Waals surface area contributed by atoms with Crippen LogP contribution in [-0.2, 0) is 30.4 Å². The van der Waals surface area contributed by atoms with E-state index < -0.39 is 77.4 Å². The standard InChI is InChI=1S/C33H41N7O9S/c1-15(2)12-22-29(45)35-16(3)26(42)40-25(17(4)41)31(47)38-24(33(48)49)14-50-32-20(18-8-5-6-10-21(18)39-32)13-23(30(46)37-22)36-28(44)19-9-7-11-34-27(19)43/h5-11,15-17,22-25,39,41H,12-14H2,1-4H3,(H,34,43)(H,35,45)(H,36,44)(H,37,46)(H,38,47)(H,40,42)(H,48,49)/t16-,17-,22+,23+,24+,25+/m1/s1. The summed E-state index contributed by atoms with van der Waals surface area (Å²) < 4.78 is 0. The maximum Gasteiger partial charge on any atom is 0.327 e. The van der Waals surface area contributed by atoms with E-state index in [0.29, 0.717) is 21.5 Å². The van der Waals surface area contributed by atoms with Gasteiger partial charge in [0.1, 0.15) is 35.8 Å². The van der Waals surface area contributed by atoms with Crippen LogP contribution in [0.15, 0.2) is 52.4 Å². The van der Waals surface area contributed by atoms with Gasteiger partial charge in [0.05, 0.1) is 11.1 Å². The average molecular weight is 712 g/mol. The van der Waals surface area contributed by atoms with Crippen molar-refractivity contribution in [1.82, 2.24) is 36.6 Å². The highest BCUT2D eigenvalue weighted by atomic mass is 32.2. The van der Waals surface area contributed by atoms with Crippen LogP contribution in [0.25, 0.3) is 10.9 Å². The summed E-state index contributed by atoms with van der Waals surface area (Å²) in [6.45, 7) is 6.24. The van der Waals surface area contributed by atoms with Crippen LogP contribution in [0.5, 0.6) is 0 Å². The summed E-state index contributed by atoms with van der Waals surface area (Å²) in [5.41, 5.74) is 0.231. The molecule has 1 aliphatic heterocycles. The van der Waals surface area contributed by atoms with Gasteiger partial charge in [0.25, 0.3) is 11.5 Å². The molecule has 1 aromatic carbocycles. The molecule has 0 aliphatic carbocycles. The van der Waals surface area contributed by atoms with Crippen LogP contribution in [0.4, 0.5) is 0 Å². The number of thioether (sulfide) groups is 1. The maximum atomic E-state index is 14.1. The third kappa shape index (κ3) is 9.29. The number of carbonyl (C=O) groups excluding carboxylic acids is 5. The Labute approximate surface area is 290 Å². The fraction of sp³-hybridized carbons (Fsp3) is 0.424. The van der Waals surface area contributed by atoms with Crippen LogP contribution in [0.1, 0.15) is 50.0 Å². The topological polar surface area (TPSA) is 252 Å². The molecule has 0 fully saturated rings. The third-order valence-electron chi connectivity index (χ3n) is 8.03. The van der Waals surface area contributed by atoms with Gasteiger partial charge in [-0.2, -0.15) is 0 Å². The van der Waals surface area contributed by atoms with E-state index in [2.05, 4.69) is 36.6 Å². The van der Waals surface area contributed by atoms with Gasteiger partial charge in [0, 0.05) is 29.3 Å². The number of aliphatic carboxylic acids is 1. The molecule has 0 saturated heterocycles. The summed E-state index contributed by atoms with van der Waals surface area (Å²) in [7, 11) is 0. The number of benzene rings is 1. The van der Waals surface area contributed by atoms with Gasteiger partial charge in [0.2, 0.25) is 23.6 Å². The number of aliphatic hydroxyl groups excluding tert-OH is 1. The quantitative estimate of drug-likeness (QED) is 0.162. The molecule has 0 saturated carbocycles. The SMILES string of the molecule is CC(C)C[C@@H]1NC(=O)[C@@H](NC(=O)c2ccc[nH]c2=O)Cc2c([nH]c3ccccc23)SC[C@@H](C(=O)O)NC(=O)[C@H]([C@@H](C)O)NC(=O)[C@@H](C)NC1=O. The molecule has 2 aromatic heterocycles. The summed E-state index contributed by atoms with van der Waals surface area (Å²) >= 11 is 1.03. The number of carboxylic acid groups (broad SMARTS) is 1. The number of carboxylic acids is 1. The second-order valence-electron chi connectivity index (χ2n) is 12.5. The van der Waals surface area contributed by atoms with Gasteiger partial charge in [-0.3, -0.25) is 28.8 Å². The molecule has 6 atom stereocenters. The molecule has 16 nitrogen and oxygen atoms in total. The molecule has 0 spiro atoms. The Balaban J connectivity index is 1.82. The number of pyridine rings is 1. The number of H-pyrrole nitrogens is 2. The molecule has 50 heavy (non-hydrogen) atoms. The number of hydrogen-bond donors (Lipinski definition) is 9. The Morgan fingerprint density at radius 3 is 2.30 bits per heavy atom.